The van der Waals surface area contributed by atoms with Crippen LogP contribution in [0.4, 0.5) is 0 Å². The number of ether oxygens (including phenoxy) is 1. The average molecular weight is 262 g/mol. The van der Waals surface area contributed by atoms with Gasteiger partial charge in [0, 0.05) is 20.2 Å². The maximum Gasteiger partial charge on any atom is 0.214 e. The Labute approximate surface area is 104 Å². The minimum absolute atomic E-state index is 0.206. The van der Waals surface area contributed by atoms with Crippen molar-refractivity contribution in [2.24, 2.45) is 5.73 Å². The van der Waals surface area contributed by atoms with Crippen molar-refractivity contribution in [1.29, 1.82) is 0 Å². The first kappa shape index (κ1) is 14.6. The monoisotopic (exact) mass is 262 g/mol. The number of nitrogens with zero attached hydrogens (tertiary/aromatic N) is 1. The van der Waals surface area contributed by atoms with Crippen LogP contribution in [0, 0.1) is 0 Å². The first-order chi connectivity index (χ1) is 8.10. The van der Waals surface area contributed by atoms with Crippen molar-refractivity contribution >= 4 is 10.0 Å². The van der Waals surface area contributed by atoms with Crippen LogP contribution in [0.1, 0.15) is 19.3 Å². The van der Waals surface area contributed by atoms with Gasteiger partial charge >= 0.3 is 0 Å². The molecule has 0 radical (unpaired) electrons. The van der Waals surface area contributed by atoms with Gasteiger partial charge in [-0.3, -0.25) is 0 Å². The number of unbranched alkanes of at least 4 members (excludes halogenated alkanes) is 1. The second kappa shape index (κ2) is 7.10. The summed E-state index contributed by atoms with van der Waals surface area (Å²) in [4.78, 5) is 0. The Kier molecular flexibility index (Phi) is 6.11. The Morgan fingerprint density at radius 1 is 1.47 bits per heavy atom. The van der Waals surface area contributed by atoms with Gasteiger partial charge in [0.1, 0.15) is 0 Å². The maximum atomic E-state index is 11.9. The Balaban J connectivity index is 2.46. The van der Waals surface area contributed by atoms with E-state index < -0.39 is 10.0 Å². The Morgan fingerprint density at radius 2 is 2.24 bits per heavy atom. The smallest absolute Gasteiger partial charge is 0.214 e. The number of rotatable bonds is 7. The fraction of sp³-hybridized carbons (Fsp3) is 0.818. The van der Waals surface area contributed by atoms with Crippen molar-refractivity contribution in [3.63, 3.8) is 0 Å². The molecule has 5 nitrogen and oxygen atoms in total. The molecule has 0 spiro atoms. The zero-order valence-corrected chi connectivity index (χ0v) is 11.2. The van der Waals surface area contributed by atoms with Gasteiger partial charge in [-0.2, -0.15) is 4.31 Å². The van der Waals surface area contributed by atoms with Gasteiger partial charge in [0.25, 0.3) is 0 Å². The summed E-state index contributed by atoms with van der Waals surface area (Å²) in [6.45, 7) is 2.19. The Hall–Kier alpha value is -0.430. The summed E-state index contributed by atoms with van der Waals surface area (Å²) in [5.74, 6) is 0.206. The summed E-state index contributed by atoms with van der Waals surface area (Å²) in [5.41, 5.74) is 6.54. The summed E-state index contributed by atoms with van der Waals surface area (Å²) >= 11 is 0. The summed E-state index contributed by atoms with van der Waals surface area (Å²) in [6, 6.07) is 0. The zero-order valence-electron chi connectivity index (χ0n) is 10.4. The second-order valence-corrected chi connectivity index (χ2v) is 6.30. The van der Waals surface area contributed by atoms with Crippen LogP contribution in [-0.2, 0) is 14.8 Å². The van der Waals surface area contributed by atoms with E-state index in [-0.39, 0.29) is 5.75 Å². The highest BCUT2D eigenvalue weighted by Gasteiger charge is 2.23. The summed E-state index contributed by atoms with van der Waals surface area (Å²) < 4.78 is 30.5. The number of nitrogens with two attached hydrogens (primary N) is 1. The lowest BCUT2D eigenvalue weighted by Gasteiger charge is -2.25. The fourth-order valence-corrected chi connectivity index (χ4v) is 3.32. The van der Waals surface area contributed by atoms with Crippen molar-refractivity contribution in [3.8, 4) is 0 Å². The van der Waals surface area contributed by atoms with E-state index in [0.717, 1.165) is 12.8 Å². The SMILES string of the molecule is COCC1=CCN(S(=O)(=O)CCCCN)CC1. The van der Waals surface area contributed by atoms with Gasteiger partial charge in [-0.15, -0.1) is 0 Å². The van der Waals surface area contributed by atoms with Crippen LogP contribution in [0.25, 0.3) is 0 Å². The predicted molar refractivity (Wildman–Crippen MR) is 68.2 cm³/mol. The van der Waals surface area contributed by atoms with E-state index in [0.29, 0.717) is 32.7 Å². The molecule has 0 unspecified atom stereocenters. The topological polar surface area (TPSA) is 72.6 Å². The summed E-state index contributed by atoms with van der Waals surface area (Å²) in [7, 11) is -1.45. The molecule has 0 saturated heterocycles. The van der Waals surface area contributed by atoms with Crippen LogP contribution in [0.15, 0.2) is 11.6 Å². The normalized spacial score (nSPS) is 18.1. The second-order valence-electron chi connectivity index (χ2n) is 4.22. The van der Waals surface area contributed by atoms with Gasteiger partial charge < -0.3 is 10.5 Å². The molecule has 1 aliphatic rings. The molecule has 6 heteroatoms. The molecule has 0 fully saturated rings. The molecule has 100 valence electrons. The number of sulfonamides is 1. The van der Waals surface area contributed by atoms with Gasteiger partial charge in [0.15, 0.2) is 0 Å². The van der Waals surface area contributed by atoms with Gasteiger partial charge in [0.05, 0.1) is 12.4 Å². The van der Waals surface area contributed by atoms with Crippen LogP contribution in [0.3, 0.4) is 0 Å². The third-order valence-electron chi connectivity index (χ3n) is 2.85. The van der Waals surface area contributed by atoms with Crippen LogP contribution in [-0.4, -0.2) is 51.8 Å². The molecular formula is C11H22N2O3S. The highest BCUT2D eigenvalue weighted by atomic mass is 32.2. The molecular weight excluding hydrogens is 240 g/mol. The third-order valence-corrected chi connectivity index (χ3v) is 4.77. The molecule has 0 amide bonds. The van der Waals surface area contributed by atoms with Gasteiger partial charge in [-0.25, -0.2) is 8.42 Å². The first-order valence-corrected chi connectivity index (χ1v) is 7.56. The van der Waals surface area contributed by atoms with Gasteiger partial charge in [0.2, 0.25) is 10.0 Å². The molecule has 1 heterocycles. The van der Waals surface area contributed by atoms with Crippen molar-refractivity contribution in [1.82, 2.24) is 4.31 Å². The first-order valence-electron chi connectivity index (χ1n) is 5.95. The zero-order chi connectivity index (χ0) is 12.7. The van der Waals surface area contributed by atoms with Crippen molar-refractivity contribution in [2.45, 2.75) is 19.3 Å². The summed E-state index contributed by atoms with van der Waals surface area (Å²) in [5, 5.41) is 0. The molecule has 2 N–H and O–H groups in total. The molecule has 0 aliphatic carbocycles. The molecule has 0 aromatic heterocycles. The minimum Gasteiger partial charge on any atom is -0.380 e. The van der Waals surface area contributed by atoms with E-state index in [1.54, 1.807) is 11.4 Å². The van der Waals surface area contributed by atoms with E-state index in [2.05, 4.69) is 0 Å². The van der Waals surface area contributed by atoms with E-state index >= 15 is 0 Å². The van der Waals surface area contributed by atoms with Crippen molar-refractivity contribution < 1.29 is 13.2 Å². The van der Waals surface area contributed by atoms with E-state index in [1.165, 1.54) is 5.57 Å². The van der Waals surface area contributed by atoms with Gasteiger partial charge in [-0.05, 0) is 31.4 Å². The number of hydrogen-bond donors (Lipinski definition) is 1. The Bertz CT molecular complexity index is 352. The molecule has 1 rings (SSSR count). The lowest BCUT2D eigenvalue weighted by Crippen LogP contribution is -2.37. The van der Waals surface area contributed by atoms with E-state index in [1.807, 2.05) is 6.08 Å². The largest absolute Gasteiger partial charge is 0.380 e. The quantitative estimate of drug-likeness (QED) is 0.530. The average Bonchev–Trinajstić information content (AvgIpc) is 2.30. The lowest BCUT2D eigenvalue weighted by atomic mass is 10.1. The lowest BCUT2D eigenvalue weighted by molar-refractivity contribution is 0.219. The van der Waals surface area contributed by atoms with Crippen molar-refractivity contribution in [3.05, 3.63) is 11.6 Å². The van der Waals surface area contributed by atoms with Gasteiger partial charge in [-0.1, -0.05) is 6.08 Å². The third kappa shape index (κ3) is 4.75. The van der Waals surface area contributed by atoms with Crippen LogP contribution in [0.2, 0.25) is 0 Å². The molecule has 0 aromatic carbocycles. The minimum atomic E-state index is -3.10. The van der Waals surface area contributed by atoms with Crippen molar-refractivity contribution in [2.75, 3.05) is 39.1 Å². The maximum absolute atomic E-state index is 11.9. The standard InChI is InChI=1S/C11H22N2O3S/c1-16-10-11-4-7-13(8-5-11)17(14,15)9-3-2-6-12/h4H,2-3,5-10,12H2,1H3. The van der Waals surface area contributed by atoms with E-state index in [4.69, 9.17) is 10.5 Å². The number of hydrogen-bond acceptors (Lipinski definition) is 4. The highest BCUT2D eigenvalue weighted by molar-refractivity contribution is 7.89. The fourth-order valence-electron chi connectivity index (χ4n) is 1.82. The number of methoxy groups -OCH3 is 1. The molecule has 17 heavy (non-hydrogen) atoms. The predicted octanol–water partition coefficient (Wildman–Crippen LogP) is 0.334. The van der Waals surface area contributed by atoms with E-state index in [9.17, 15) is 8.42 Å². The Morgan fingerprint density at radius 3 is 2.76 bits per heavy atom. The van der Waals surface area contributed by atoms with Crippen LogP contribution < -0.4 is 5.73 Å². The highest BCUT2D eigenvalue weighted by Crippen LogP contribution is 2.15. The molecule has 0 saturated carbocycles. The molecule has 0 atom stereocenters. The van der Waals surface area contributed by atoms with Crippen LogP contribution in [0.5, 0.6) is 0 Å². The molecule has 0 bridgehead atoms. The van der Waals surface area contributed by atoms with Crippen LogP contribution >= 0.6 is 0 Å². The molecule has 0 aromatic rings. The molecule has 1 aliphatic heterocycles. The summed E-state index contributed by atoms with van der Waals surface area (Å²) in [6.07, 6.45) is 4.12.